The Morgan fingerprint density at radius 1 is 0.878 bits per heavy atom. The molecule has 4 heterocycles. The second kappa shape index (κ2) is 10.7. The van der Waals surface area contributed by atoms with Crippen LogP contribution in [0.2, 0.25) is 0 Å². The van der Waals surface area contributed by atoms with E-state index in [-0.39, 0.29) is 24.3 Å². The number of fused-ring (bicyclic) bond motifs is 3. The third-order valence-electron chi connectivity index (χ3n) is 9.24. The SMILES string of the molecule is CCCN1CC=C[C@@]2(C)O[C@]34C=CCN(c5ccc6ccccc6c5)C(=O)C3N(CCCCCO)C(=O)[C@@H]4[C@H]2C1=O. The molecule has 216 valence electrons. The van der Waals surface area contributed by atoms with Gasteiger partial charge in [-0.3, -0.25) is 14.4 Å². The number of unbranched alkanes of at least 4 members (excludes halogenated alkanes) is 2. The highest BCUT2D eigenvalue weighted by molar-refractivity contribution is 6.06. The van der Waals surface area contributed by atoms with Crippen LogP contribution < -0.4 is 4.90 Å². The molecule has 6 rings (SSSR count). The Hall–Kier alpha value is -3.49. The van der Waals surface area contributed by atoms with E-state index in [2.05, 4.69) is 0 Å². The van der Waals surface area contributed by atoms with Crippen LogP contribution in [0.4, 0.5) is 5.69 Å². The Morgan fingerprint density at radius 2 is 1.66 bits per heavy atom. The summed E-state index contributed by atoms with van der Waals surface area (Å²) in [6.07, 6.45) is 10.5. The molecule has 8 nitrogen and oxygen atoms in total. The van der Waals surface area contributed by atoms with E-state index in [0.29, 0.717) is 39.0 Å². The molecule has 0 saturated carbocycles. The number of aliphatic hydroxyl groups is 1. The number of amides is 3. The van der Waals surface area contributed by atoms with Gasteiger partial charge in [-0.1, -0.05) is 61.6 Å². The van der Waals surface area contributed by atoms with Crippen LogP contribution in [0.15, 0.2) is 66.8 Å². The lowest BCUT2D eigenvalue weighted by Gasteiger charge is -2.37. The molecule has 2 saturated heterocycles. The maximum atomic E-state index is 14.6. The smallest absolute Gasteiger partial charge is 0.253 e. The lowest BCUT2D eigenvalue weighted by atomic mass is 9.74. The summed E-state index contributed by atoms with van der Waals surface area (Å²) >= 11 is 0. The van der Waals surface area contributed by atoms with Crippen molar-refractivity contribution in [3.05, 3.63) is 66.8 Å². The van der Waals surface area contributed by atoms with E-state index in [1.807, 2.05) is 85.5 Å². The summed E-state index contributed by atoms with van der Waals surface area (Å²) in [5.74, 6) is -2.03. The van der Waals surface area contributed by atoms with Crippen LogP contribution in [0, 0.1) is 11.8 Å². The first-order valence-electron chi connectivity index (χ1n) is 14.9. The van der Waals surface area contributed by atoms with Gasteiger partial charge in [0.2, 0.25) is 11.8 Å². The van der Waals surface area contributed by atoms with Crippen LogP contribution in [-0.2, 0) is 19.1 Å². The lowest BCUT2D eigenvalue weighted by molar-refractivity contribution is -0.148. The molecule has 0 aromatic heterocycles. The standard InChI is InChI=1S/C33H39N3O5/c1-3-17-34-18-9-15-32(2)26(29(34)38)27-30(39)36(19-7-4-8-21-37)28-31(40)35(20-10-16-33(27,28)41-32)25-14-13-23-11-5-6-12-24(23)22-25/h5-6,9-16,22,26-28,37H,3-4,7-8,17-21H2,1-2H3/t26-,27-,28?,32+,33-/m0/s1. The predicted octanol–water partition coefficient (Wildman–Crippen LogP) is 3.68. The summed E-state index contributed by atoms with van der Waals surface area (Å²) in [6.45, 7) is 5.78. The first kappa shape index (κ1) is 27.7. The van der Waals surface area contributed by atoms with Gasteiger partial charge in [0.25, 0.3) is 5.91 Å². The zero-order valence-corrected chi connectivity index (χ0v) is 23.9. The van der Waals surface area contributed by atoms with Crippen molar-refractivity contribution in [2.24, 2.45) is 11.8 Å². The van der Waals surface area contributed by atoms with Gasteiger partial charge < -0.3 is 24.5 Å². The fourth-order valence-electron chi connectivity index (χ4n) is 7.43. The number of aliphatic hydroxyl groups excluding tert-OH is 1. The van der Waals surface area contributed by atoms with Crippen LogP contribution in [0.25, 0.3) is 10.8 Å². The molecule has 4 aliphatic rings. The average Bonchev–Trinajstić information content (AvgIpc) is 3.23. The molecule has 5 atom stereocenters. The molecular weight excluding hydrogens is 518 g/mol. The third kappa shape index (κ3) is 4.39. The first-order valence-corrected chi connectivity index (χ1v) is 14.9. The molecule has 0 radical (unpaired) electrons. The van der Waals surface area contributed by atoms with E-state index >= 15 is 0 Å². The van der Waals surface area contributed by atoms with Crippen LogP contribution in [-0.4, -0.2) is 82.7 Å². The van der Waals surface area contributed by atoms with Crippen molar-refractivity contribution in [3.63, 3.8) is 0 Å². The van der Waals surface area contributed by atoms with Crippen molar-refractivity contribution in [3.8, 4) is 0 Å². The van der Waals surface area contributed by atoms with Crippen LogP contribution in [0.1, 0.15) is 39.5 Å². The number of likely N-dealkylation sites (tertiary alicyclic amines) is 1. The highest BCUT2D eigenvalue weighted by Crippen LogP contribution is 2.57. The minimum Gasteiger partial charge on any atom is -0.396 e. The second-order valence-corrected chi connectivity index (χ2v) is 11.9. The Kier molecular flexibility index (Phi) is 7.24. The quantitative estimate of drug-likeness (QED) is 0.395. The molecular formula is C33H39N3O5. The molecule has 4 aliphatic heterocycles. The van der Waals surface area contributed by atoms with Gasteiger partial charge in [-0.2, -0.15) is 0 Å². The molecule has 2 aromatic rings. The van der Waals surface area contributed by atoms with E-state index in [1.54, 1.807) is 9.80 Å². The highest BCUT2D eigenvalue weighted by atomic mass is 16.5. The first-order chi connectivity index (χ1) is 19.8. The van der Waals surface area contributed by atoms with Gasteiger partial charge in [0, 0.05) is 38.5 Å². The summed E-state index contributed by atoms with van der Waals surface area (Å²) < 4.78 is 6.91. The lowest BCUT2D eigenvalue weighted by Crippen LogP contribution is -2.56. The summed E-state index contributed by atoms with van der Waals surface area (Å²) in [5, 5.41) is 11.4. The normalized spacial score (nSPS) is 31.0. The molecule has 1 spiro atoms. The largest absolute Gasteiger partial charge is 0.396 e. The molecule has 1 N–H and O–H groups in total. The molecule has 2 fully saturated rings. The van der Waals surface area contributed by atoms with Gasteiger partial charge in [-0.05, 0) is 55.5 Å². The van der Waals surface area contributed by atoms with Gasteiger partial charge in [-0.25, -0.2) is 0 Å². The van der Waals surface area contributed by atoms with Gasteiger partial charge in [0.1, 0.15) is 11.6 Å². The topological polar surface area (TPSA) is 90.4 Å². The molecule has 41 heavy (non-hydrogen) atoms. The summed E-state index contributed by atoms with van der Waals surface area (Å²) in [4.78, 5) is 48.3. The summed E-state index contributed by atoms with van der Waals surface area (Å²) in [6, 6.07) is 13.1. The molecule has 3 amide bonds. The van der Waals surface area contributed by atoms with Gasteiger partial charge in [0.15, 0.2) is 0 Å². The number of rotatable bonds is 8. The van der Waals surface area contributed by atoms with Crippen molar-refractivity contribution >= 4 is 34.2 Å². The van der Waals surface area contributed by atoms with Crippen molar-refractivity contribution in [2.75, 3.05) is 37.7 Å². The second-order valence-electron chi connectivity index (χ2n) is 11.9. The number of carbonyl (C=O) groups is 3. The molecule has 0 bridgehead atoms. The number of anilines is 1. The zero-order chi connectivity index (χ0) is 28.8. The molecule has 8 heteroatoms. The van der Waals surface area contributed by atoms with Crippen LogP contribution >= 0.6 is 0 Å². The Bertz CT molecular complexity index is 1420. The van der Waals surface area contributed by atoms with Crippen molar-refractivity contribution in [1.82, 2.24) is 9.80 Å². The van der Waals surface area contributed by atoms with Crippen LogP contribution in [0.3, 0.4) is 0 Å². The monoisotopic (exact) mass is 557 g/mol. The number of hydrogen-bond acceptors (Lipinski definition) is 5. The van der Waals surface area contributed by atoms with Gasteiger partial charge in [0.05, 0.1) is 17.4 Å². The Morgan fingerprint density at radius 3 is 2.44 bits per heavy atom. The van der Waals surface area contributed by atoms with Crippen molar-refractivity contribution < 1.29 is 24.2 Å². The summed E-state index contributed by atoms with van der Waals surface area (Å²) in [5.41, 5.74) is -1.51. The number of nitrogens with zero attached hydrogens (tertiary/aromatic N) is 3. The number of ether oxygens (including phenoxy) is 1. The fourth-order valence-corrected chi connectivity index (χ4v) is 7.43. The van der Waals surface area contributed by atoms with E-state index < -0.39 is 29.1 Å². The number of carbonyl (C=O) groups excluding carboxylic acids is 3. The highest BCUT2D eigenvalue weighted by Gasteiger charge is 2.74. The van der Waals surface area contributed by atoms with E-state index in [4.69, 9.17) is 4.74 Å². The van der Waals surface area contributed by atoms with Crippen molar-refractivity contribution in [2.45, 2.75) is 56.8 Å². The number of benzene rings is 2. The van der Waals surface area contributed by atoms with E-state index in [9.17, 15) is 19.5 Å². The number of hydrogen-bond donors (Lipinski definition) is 1. The summed E-state index contributed by atoms with van der Waals surface area (Å²) in [7, 11) is 0. The third-order valence-corrected chi connectivity index (χ3v) is 9.24. The Balaban J connectivity index is 1.43. The average molecular weight is 558 g/mol. The van der Waals surface area contributed by atoms with Gasteiger partial charge in [-0.15, -0.1) is 0 Å². The van der Waals surface area contributed by atoms with Gasteiger partial charge >= 0.3 is 0 Å². The van der Waals surface area contributed by atoms with E-state index in [0.717, 1.165) is 29.3 Å². The van der Waals surface area contributed by atoms with E-state index in [1.165, 1.54) is 0 Å². The zero-order valence-electron chi connectivity index (χ0n) is 23.9. The molecule has 2 aromatic carbocycles. The van der Waals surface area contributed by atoms with Crippen molar-refractivity contribution in [1.29, 1.82) is 0 Å². The maximum Gasteiger partial charge on any atom is 0.253 e. The minimum atomic E-state index is -1.26. The maximum absolute atomic E-state index is 14.6. The predicted molar refractivity (Wildman–Crippen MR) is 157 cm³/mol. The van der Waals surface area contributed by atoms with Crippen LogP contribution in [0.5, 0.6) is 0 Å². The minimum absolute atomic E-state index is 0.0823. The Labute approximate surface area is 241 Å². The fraction of sp³-hybridized carbons (Fsp3) is 0.485. The molecule has 1 unspecified atom stereocenters. The molecule has 0 aliphatic carbocycles.